The molecule has 1 atom stereocenters. The van der Waals surface area contributed by atoms with Crippen molar-refractivity contribution in [2.24, 2.45) is 0 Å². The van der Waals surface area contributed by atoms with Crippen molar-refractivity contribution < 1.29 is 29.1 Å². The number of amides is 1. The van der Waals surface area contributed by atoms with Gasteiger partial charge in [-0.15, -0.1) is 0 Å². The Balaban J connectivity index is 2.04. The highest BCUT2D eigenvalue weighted by Crippen LogP contribution is 2.39. The fourth-order valence-corrected chi connectivity index (χ4v) is 3.72. The van der Waals surface area contributed by atoms with Gasteiger partial charge in [0.1, 0.15) is 18.1 Å². The Kier molecular flexibility index (Phi) is 7.90. The third kappa shape index (κ3) is 5.43. The molecule has 1 aliphatic heterocycles. The molecule has 3 rings (SSSR count). The van der Waals surface area contributed by atoms with Gasteiger partial charge in [-0.25, -0.2) is 0 Å². The number of nitrogens with zero attached hydrogens (tertiary/aromatic N) is 1. The van der Waals surface area contributed by atoms with Crippen LogP contribution in [0.1, 0.15) is 24.1 Å². The van der Waals surface area contributed by atoms with E-state index in [2.05, 4.69) is 6.58 Å². The van der Waals surface area contributed by atoms with Crippen molar-refractivity contribution in [3.63, 3.8) is 0 Å². The number of nitrogens with one attached hydrogen (secondary N) is 1. The number of Topliss-reactive ketones (excluding diaryl/α,β-unsaturated/α-hetero) is 1. The second-order valence-electron chi connectivity index (χ2n) is 8.06. The lowest BCUT2D eigenvalue weighted by Crippen LogP contribution is -3.06. The zero-order valence-corrected chi connectivity index (χ0v) is 19.3. The first kappa shape index (κ1) is 24.1. The summed E-state index contributed by atoms with van der Waals surface area (Å²) in [6.45, 7) is 7.38. The molecule has 1 heterocycles. The van der Waals surface area contributed by atoms with Crippen LogP contribution in [-0.4, -0.2) is 57.0 Å². The van der Waals surface area contributed by atoms with Crippen LogP contribution in [-0.2, 0) is 9.59 Å². The normalized spacial score (nSPS) is 17.5. The highest BCUT2D eigenvalue weighted by molar-refractivity contribution is 6.46. The number of ether oxygens (including phenoxy) is 2. The van der Waals surface area contributed by atoms with Crippen LogP contribution in [0.3, 0.4) is 0 Å². The lowest BCUT2D eigenvalue weighted by Gasteiger charge is -2.28. The molecular formula is C26H30N2O5. The van der Waals surface area contributed by atoms with Crippen molar-refractivity contribution in [3.8, 4) is 11.5 Å². The summed E-state index contributed by atoms with van der Waals surface area (Å²) in [6.07, 6.45) is 1.63. The third-order valence-corrected chi connectivity index (χ3v) is 5.37. The number of hydrogen-bond donors (Lipinski definition) is 1. The molecule has 0 aromatic heterocycles. The molecule has 1 fully saturated rings. The van der Waals surface area contributed by atoms with Crippen LogP contribution in [0.5, 0.6) is 11.5 Å². The molecule has 1 saturated heterocycles. The van der Waals surface area contributed by atoms with Crippen molar-refractivity contribution in [2.45, 2.75) is 13.0 Å². The molecule has 0 radical (unpaired) electrons. The molecule has 0 saturated carbocycles. The lowest BCUT2D eigenvalue weighted by molar-refractivity contribution is -0.857. The Labute approximate surface area is 194 Å². The molecule has 174 valence electrons. The van der Waals surface area contributed by atoms with Crippen LogP contribution in [0.15, 0.2) is 66.8 Å². The Morgan fingerprint density at radius 2 is 1.67 bits per heavy atom. The Bertz CT molecular complexity index is 1030. The maximum absolute atomic E-state index is 13.4. The van der Waals surface area contributed by atoms with E-state index in [1.807, 2.05) is 21.0 Å². The standard InChI is InChI=1S/C26H30N2O5/c1-5-17-33-21-13-9-19(10-14-21)24(29)22-23(18-7-11-20(12-8-18)32-6-2)28(16-15-27(3)4)26(31)25(22)30/h5,7-14,23,29H,1,6,15-17H2,2-4H3. The van der Waals surface area contributed by atoms with Crippen LogP contribution in [0.25, 0.3) is 5.76 Å². The van der Waals surface area contributed by atoms with Crippen LogP contribution in [0.4, 0.5) is 0 Å². The van der Waals surface area contributed by atoms with Gasteiger partial charge in [-0.3, -0.25) is 9.59 Å². The number of likely N-dealkylation sites (tertiary alicyclic amines) is 1. The van der Waals surface area contributed by atoms with E-state index in [9.17, 15) is 14.7 Å². The number of ketones is 1. The predicted molar refractivity (Wildman–Crippen MR) is 124 cm³/mol. The molecule has 1 amide bonds. The smallest absolute Gasteiger partial charge is 0.295 e. The first-order chi connectivity index (χ1) is 15.9. The minimum Gasteiger partial charge on any atom is -0.872 e. The summed E-state index contributed by atoms with van der Waals surface area (Å²) in [4.78, 5) is 28.6. The molecule has 33 heavy (non-hydrogen) atoms. The summed E-state index contributed by atoms with van der Waals surface area (Å²) < 4.78 is 11.0. The predicted octanol–water partition coefficient (Wildman–Crippen LogP) is 1.02. The lowest BCUT2D eigenvalue weighted by atomic mass is 9.95. The molecule has 2 aromatic rings. The Morgan fingerprint density at radius 3 is 2.24 bits per heavy atom. The number of carbonyl (C=O) groups excluding carboxylic acids is 2. The first-order valence-electron chi connectivity index (χ1n) is 11.0. The van der Waals surface area contributed by atoms with Crippen molar-refractivity contribution in [1.82, 2.24) is 4.90 Å². The number of hydrogen-bond acceptors (Lipinski definition) is 5. The van der Waals surface area contributed by atoms with Crippen LogP contribution in [0.2, 0.25) is 0 Å². The molecule has 1 N–H and O–H groups in total. The number of rotatable bonds is 10. The highest BCUT2D eigenvalue weighted by Gasteiger charge is 2.44. The van der Waals surface area contributed by atoms with Gasteiger partial charge < -0.3 is 24.4 Å². The summed E-state index contributed by atoms with van der Waals surface area (Å²) in [5, 5.41) is 13.4. The van der Waals surface area contributed by atoms with Gasteiger partial charge >= 0.3 is 0 Å². The number of carbonyl (C=O) groups is 2. The second-order valence-corrected chi connectivity index (χ2v) is 8.06. The third-order valence-electron chi connectivity index (χ3n) is 5.37. The SMILES string of the molecule is C=CCOc1ccc(C([O-])=C2C(=O)C(=O)N(CC[NH+](C)C)C2c2ccc(OCC)cc2)cc1. The summed E-state index contributed by atoms with van der Waals surface area (Å²) >= 11 is 0. The fourth-order valence-electron chi connectivity index (χ4n) is 3.72. The molecule has 2 aromatic carbocycles. The maximum Gasteiger partial charge on any atom is 0.295 e. The van der Waals surface area contributed by atoms with Gasteiger partial charge in [0.2, 0.25) is 5.78 Å². The largest absolute Gasteiger partial charge is 0.872 e. The first-order valence-corrected chi connectivity index (χ1v) is 11.0. The van der Waals surface area contributed by atoms with Crippen molar-refractivity contribution in [3.05, 3.63) is 77.9 Å². The molecule has 0 spiro atoms. The minimum atomic E-state index is -0.750. The number of benzene rings is 2. The zero-order valence-electron chi connectivity index (χ0n) is 19.3. The van der Waals surface area contributed by atoms with Gasteiger partial charge in [0.15, 0.2) is 0 Å². The van der Waals surface area contributed by atoms with Gasteiger partial charge in [0.05, 0.1) is 39.8 Å². The molecule has 1 aliphatic rings. The van der Waals surface area contributed by atoms with E-state index >= 15 is 0 Å². The van der Waals surface area contributed by atoms with E-state index < -0.39 is 23.5 Å². The number of likely N-dealkylation sites (N-methyl/N-ethyl adjacent to an activating group) is 1. The van der Waals surface area contributed by atoms with Crippen molar-refractivity contribution in [1.29, 1.82) is 0 Å². The van der Waals surface area contributed by atoms with E-state index in [4.69, 9.17) is 9.47 Å². The van der Waals surface area contributed by atoms with Crippen LogP contribution in [0, 0.1) is 0 Å². The molecule has 1 unspecified atom stereocenters. The maximum atomic E-state index is 13.4. The zero-order chi connectivity index (χ0) is 24.0. The summed E-state index contributed by atoms with van der Waals surface area (Å²) in [5.74, 6) is -0.584. The van der Waals surface area contributed by atoms with E-state index in [0.717, 1.165) is 4.90 Å². The molecular weight excluding hydrogens is 420 g/mol. The van der Waals surface area contributed by atoms with Gasteiger partial charge in [0, 0.05) is 5.57 Å². The highest BCUT2D eigenvalue weighted by atomic mass is 16.5. The Morgan fingerprint density at radius 1 is 1.06 bits per heavy atom. The Hall–Kier alpha value is -3.58. The van der Waals surface area contributed by atoms with Gasteiger partial charge in [-0.05, 0) is 42.3 Å². The summed E-state index contributed by atoms with van der Waals surface area (Å²) in [5.41, 5.74) is 0.992. The van der Waals surface area contributed by atoms with Gasteiger partial charge in [0.25, 0.3) is 5.91 Å². The number of quaternary nitrogens is 1. The van der Waals surface area contributed by atoms with E-state index in [1.54, 1.807) is 54.6 Å². The monoisotopic (exact) mass is 450 g/mol. The van der Waals surface area contributed by atoms with Crippen LogP contribution >= 0.6 is 0 Å². The van der Waals surface area contributed by atoms with Crippen molar-refractivity contribution in [2.75, 3.05) is 40.4 Å². The quantitative estimate of drug-likeness (QED) is 0.253. The van der Waals surface area contributed by atoms with Gasteiger partial charge in [-0.2, -0.15) is 0 Å². The van der Waals surface area contributed by atoms with E-state index in [-0.39, 0.29) is 5.57 Å². The van der Waals surface area contributed by atoms with Crippen molar-refractivity contribution >= 4 is 17.4 Å². The topological polar surface area (TPSA) is 83.3 Å². The van der Waals surface area contributed by atoms with E-state index in [0.29, 0.717) is 48.9 Å². The molecule has 0 bridgehead atoms. The summed E-state index contributed by atoms with van der Waals surface area (Å²) in [6, 6.07) is 13.0. The van der Waals surface area contributed by atoms with E-state index in [1.165, 1.54) is 4.90 Å². The second kappa shape index (κ2) is 10.8. The molecule has 7 nitrogen and oxygen atoms in total. The van der Waals surface area contributed by atoms with Crippen LogP contribution < -0.4 is 19.5 Å². The summed E-state index contributed by atoms with van der Waals surface area (Å²) in [7, 11) is 3.94. The average molecular weight is 451 g/mol. The molecule has 0 aliphatic carbocycles. The average Bonchev–Trinajstić information content (AvgIpc) is 3.06. The minimum absolute atomic E-state index is 0.0299. The van der Waals surface area contributed by atoms with Gasteiger partial charge in [-0.1, -0.05) is 42.7 Å². The molecule has 7 heteroatoms. The fraction of sp³-hybridized carbons (Fsp3) is 0.308.